The van der Waals surface area contributed by atoms with Gasteiger partial charge in [-0.3, -0.25) is 4.79 Å². The Morgan fingerprint density at radius 2 is 1.97 bits per heavy atom. The Hall–Kier alpha value is -3.12. The van der Waals surface area contributed by atoms with Crippen LogP contribution in [0, 0.1) is 0 Å². The Morgan fingerprint density at radius 1 is 1.16 bits per heavy atom. The van der Waals surface area contributed by atoms with E-state index in [1.807, 2.05) is 46.1 Å². The number of methoxy groups -OCH3 is 1. The zero-order chi connectivity index (χ0) is 21.4. The molecule has 1 saturated carbocycles. The van der Waals surface area contributed by atoms with E-state index in [0.29, 0.717) is 13.0 Å². The zero-order valence-electron chi connectivity index (χ0n) is 17.7. The minimum Gasteiger partial charge on any atom is -0.496 e. The highest BCUT2D eigenvalue weighted by Gasteiger charge is 2.37. The largest absolute Gasteiger partial charge is 0.496 e. The summed E-state index contributed by atoms with van der Waals surface area (Å²) < 4.78 is 7.50. The van der Waals surface area contributed by atoms with Crippen molar-refractivity contribution in [1.29, 1.82) is 0 Å². The topological polar surface area (TPSA) is 67.6 Å². The van der Waals surface area contributed by atoms with Crippen molar-refractivity contribution in [2.75, 3.05) is 7.11 Å². The molecule has 31 heavy (non-hydrogen) atoms. The summed E-state index contributed by atoms with van der Waals surface area (Å²) in [6, 6.07) is 14.0. The first-order chi connectivity index (χ1) is 15.1. The molecule has 6 heteroatoms. The standard InChI is InChI=1S/C25H27N3O3/c1-31-24-15-19-16-27(22-5-2-3-6-23(22)29)25(30)21(19)14-18(24)13-17-7-9-20(10-8-17)28-12-4-11-26-28/h4,7-12,14-15,22-23,29H,2-3,5-6,13,16H2,1H3/t22-,23-/m0/s1. The zero-order valence-corrected chi connectivity index (χ0v) is 17.7. The van der Waals surface area contributed by atoms with Gasteiger partial charge in [-0.15, -0.1) is 0 Å². The van der Waals surface area contributed by atoms with E-state index in [1.54, 1.807) is 13.3 Å². The highest BCUT2D eigenvalue weighted by Crippen LogP contribution is 2.35. The Kier molecular flexibility index (Phi) is 5.24. The number of fused-ring (bicyclic) bond motifs is 1. The average Bonchev–Trinajstić information content (AvgIpc) is 3.43. The molecule has 0 spiro atoms. The molecule has 0 saturated heterocycles. The molecule has 5 rings (SSSR count). The number of amides is 1. The molecule has 0 bridgehead atoms. The van der Waals surface area contributed by atoms with E-state index in [1.165, 1.54) is 0 Å². The fourth-order valence-electron chi connectivity index (χ4n) is 4.87. The number of ether oxygens (including phenoxy) is 1. The molecule has 1 fully saturated rings. The smallest absolute Gasteiger partial charge is 0.254 e. The first kappa shape index (κ1) is 19.8. The highest BCUT2D eigenvalue weighted by molar-refractivity contribution is 5.99. The lowest BCUT2D eigenvalue weighted by molar-refractivity contribution is 0.0191. The first-order valence-electron chi connectivity index (χ1n) is 10.9. The minimum absolute atomic E-state index is 0.0267. The van der Waals surface area contributed by atoms with Crippen LogP contribution >= 0.6 is 0 Å². The Balaban J connectivity index is 1.39. The second-order valence-electron chi connectivity index (χ2n) is 8.47. The van der Waals surface area contributed by atoms with Gasteiger partial charge in [0.1, 0.15) is 5.75 Å². The number of aliphatic hydroxyl groups is 1. The number of hydrogen-bond acceptors (Lipinski definition) is 4. The summed E-state index contributed by atoms with van der Waals surface area (Å²) in [5, 5.41) is 14.7. The van der Waals surface area contributed by atoms with Crippen molar-refractivity contribution >= 4 is 5.91 Å². The van der Waals surface area contributed by atoms with Crippen molar-refractivity contribution in [3.8, 4) is 11.4 Å². The predicted molar refractivity (Wildman–Crippen MR) is 118 cm³/mol. The number of aromatic nitrogens is 2. The molecule has 2 aromatic carbocycles. The van der Waals surface area contributed by atoms with Crippen LogP contribution in [-0.2, 0) is 13.0 Å². The minimum atomic E-state index is -0.429. The Bertz CT molecular complexity index is 1080. The van der Waals surface area contributed by atoms with Crippen LogP contribution < -0.4 is 4.74 Å². The van der Waals surface area contributed by atoms with E-state index in [4.69, 9.17) is 4.74 Å². The van der Waals surface area contributed by atoms with Crippen LogP contribution in [0.4, 0.5) is 0 Å². The lowest BCUT2D eigenvalue weighted by Crippen LogP contribution is -2.45. The quantitative estimate of drug-likeness (QED) is 0.687. The third-order valence-electron chi connectivity index (χ3n) is 6.53. The van der Waals surface area contributed by atoms with Gasteiger partial charge in [0.15, 0.2) is 0 Å². The van der Waals surface area contributed by atoms with Gasteiger partial charge in [-0.25, -0.2) is 4.68 Å². The van der Waals surface area contributed by atoms with Crippen molar-refractivity contribution in [2.24, 2.45) is 0 Å². The van der Waals surface area contributed by atoms with Gasteiger partial charge in [0.25, 0.3) is 5.91 Å². The van der Waals surface area contributed by atoms with Crippen LogP contribution in [-0.4, -0.2) is 44.9 Å². The summed E-state index contributed by atoms with van der Waals surface area (Å²) in [6.45, 7) is 0.547. The lowest BCUT2D eigenvalue weighted by Gasteiger charge is -2.35. The monoisotopic (exact) mass is 417 g/mol. The summed E-state index contributed by atoms with van der Waals surface area (Å²) in [5.74, 6) is 0.827. The first-order valence-corrected chi connectivity index (χ1v) is 10.9. The molecule has 1 aliphatic carbocycles. The summed E-state index contributed by atoms with van der Waals surface area (Å²) >= 11 is 0. The molecular formula is C25H27N3O3. The van der Waals surface area contributed by atoms with E-state index < -0.39 is 6.10 Å². The summed E-state index contributed by atoms with van der Waals surface area (Å²) in [6.07, 6.45) is 7.65. The molecule has 0 radical (unpaired) electrons. The molecule has 2 aliphatic rings. The van der Waals surface area contributed by atoms with E-state index in [2.05, 4.69) is 17.2 Å². The Labute approximate surface area is 182 Å². The van der Waals surface area contributed by atoms with Crippen LogP contribution in [0.15, 0.2) is 54.9 Å². The molecule has 6 nitrogen and oxygen atoms in total. The van der Waals surface area contributed by atoms with E-state index in [-0.39, 0.29) is 11.9 Å². The molecule has 2 heterocycles. The molecular weight excluding hydrogens is 390 g/mol. The molecule has 1 aliphatic heterocycles. The summed E-state index contributed by atoms with van der Waals surface area (Å²) in [5.41, 5.74) is 4.86. The van der Waals surface area contributed by atoms with Crippen LogP contribution in [0.3, 0.4) is 0 Å². The fourth-order valence-corrected chi connectivity index (χ4v) is 4.87. The molecule has 160 valence electrons. The number of rotatable bonds is 5. The lowest BCUT2D eigenvalue weighted by atomic mass is 9.91. The van der Waals surface area contributed by atoms with E-state index in [9.17, 15) is 9.90 Å². The molecule has 0 unspecified atom stereocenters. The number of nitrogens with zero attached hydrogens (tertiary/aromatic N) is 3. The maximum atomic E-state index is 13.2. The molecule has 1 aromatic heterocycles. The molecule has 2 atom stereocenters. The number of hydrogen-bond donors (Lipinski definition) is 1. The third kappa shape index (κ3) is 3.72. The summed E-state index contributed by atoms with van der Waals surface area (Å²) in [4.78, 5) is 15.0. The van der Waals surface area contributed by atoms with Crippen molar-refractivity contribution < 1.29 is 14.6 Å². The second kappa shape index (κ2) is 8.19. The van der Waals surface area contributed by atoms with Gasteiger partial charge in [0, 0.05) is 30.9 Å². The van der Waals surface area contributed by atoms with E-state index >= 15 is 0 Å². The van der Waals surface area contributed by atoms with Crippen LogP contribution in [0.5, 0.6) is 5.75 Å². The van der Waals surface area contributed by atoms with Gasteiger partial charge in [0.2, 0.25) is 0 Å². The number of aliphatic hydroxyl groups excluding tert-OH is 1. The SMILES string of the molecule is COc1cc2c(cc1Cc1ccc(-n3cccn3)cc1)C(=O)N([C@H]1CCCC[C@@H]1O)C2. The molecule has 1 N–H and O–H groups in total. The van der Waals surface area contributed by atoms with Gasteiger partial charge in [-0.2, -0.15) is 5.10 Å². The van der Waals surface area contributed by atoms with Crippen LogP contribution in [0.2, 0.25) is 0 Å². The van der Waals surface area contributed by atoms with Crippen LogP contribution in [0.25, 0.3) is 5.69 Å². The maximum Gasteiger partial charge on any atom is 0.254 e. The van der Waals surface area contributed by atoms with E-state index in [0.717, 1.165) is 59.4 Å². The normalized spacial score (nSPS) is 20.7. The average molecular weight is 418 g/mol. The van der Waals surface area contributed by atoms with Crippen LogP contribution in [0.1, 0.15) is 52.7 Å². The number of benzene rings is 2. The molecule has 1 amide bonds. The van der Waals surface area contributed by atoms with Crippen molar-refractivity contribution in [3.63, 3.8) is 0 Å². The number of carbonyl (C=O) groups excluding carboxylic acids is 1. The van der Waals surface area contributed by atoms with Gasteiger partial charge in [-0.1, -0.05) is 25.0 Å². The predicted octanol–water partition coefficient (Wildman–Crippen LogP) is 3.73. The third-order valence-corrected chi connectivity index (χ3v) is 6.53. The van der Waals surface area contributed by atoms with Gasteiger partial charge in [-0.05, 0) is 59.9 Å². The highest BCUT2D eigenvalue weighted by atomic mass is 16.5. The van der Waals surface area contributed by atoms with Crippen molar-refractivity contribution in [1.82, 2.24) is 14.7 Å². The van der Waals surface area contributed by atoms with Crippen molar-refractivity contribution in [2.45, 2.75) is 50.8 Å². The second-order valence-corrected chi connectivity index (χ2v) is 8.47. The van der Waals surface area contributed by atoms with Gasteiger partial charge >= 0.3 is 0 Å². The molecule has 3 aromatic rings. The summed E-state index contributed by atoms with van der Waals surface area (Å²) in [7, 11) is 1.67. The fraction of sp³-hybridized carbons (Fsp3) is 0.360. The Morgan fingerprint density at radius 3 is 2.68 bits per heavy atom. The van der Waals surface area contributed by atoms with Crippen molar-refractivity contribution in [3.05, 3.63) is 77.1 Å². The van der Waals surface area contributed by atoms with Gasteiger partial charge < -0.3 is 14.7 Å². The number of carbonyl (C=O) groups is 1. The maximum absolute atomic E-state index is 13.2. The van der Waals surface area contributed by atoms with Gasteiger partial charge in [0.05, 0.1) is 24.9 Å².